The van der Waals surface area contributed by atoms with Crippen LogP contribution < -0.4 is 5.32 Å². The van der Waals surface area contributed by atoms with Gasteiger partial charge in [-0.3, -0.25) is 4.79 Å². The van der Waals surface area contributed by atoms with E-state index in [1.165, 1.54) is 10.4 Å². The molecule has 0 unspecified atom stereocenters. The Labute approximate surface area is 153 Å². The molecule has 26 heavy (non-hydrogen) atoms. The van der Waals surface area contributed by atoms with E-state index in [0.29, 0.717) is 37.6 Å². The number of carbonyl (C=O) groups is 1. The highest BCUT2D eigenvalue weighted by atomic mass is 32.2. The van der Waals surface area contributed by atoms with Crippen molar-refractivity contribution in [2.75, 3.05) is 31.6 Å². The molecule has 0 aliphatic carbocycles. The molecule has 0 aromatic heterocycles. The highest BCUT2D eigenvalue weighted by Gasteiger charge is 2.27. The van der Waals surface area contributed by atoms with Crippen molar-refractivity contribution in [2.45, 2.75) is 18.7 Å². The van der Waals surface area contributed by atoms with Gasteiger partial charge in [0.2, 0.25) is 10.0 Å². The lowest BCUT2D eigenvalue weighted by atomic mass is 10.1. The Morgan fingerprint density at radius 3 is 2.50 bits per heavy atom. The van der Waals surface area contributed by atoms with Crippen molar-refractivity contribution in [3.8, 4) is 0 Å². The molecule has 138 valence electrons. The molecular formula is C19H22N2O4S. The van der Waals surface area contributed by atoms with Crippen LogP contribution in [0.15, 0.2) is 47.4 Å². The van der Waals surface area contributed by atoms with Crippen LogP contribution in [0.3, 0.4) is 0 Å². The highest BCUT2D eigenvalue weighted by Crippen LogP contribution is 2.21. The minimum atomic E-state index is -3.64. The first-order valence-electron chi connectivity index (χ1n) is 8.44. The largest absolute Gasteiger partial charge is 0.379 e. The lowest BCUT2D eigenvalue weighted by Gasteiger charge is -2.26. The van der Waals surface area contributed by atoms with Gasteiger partial charge < -0.3 is 10.1 Å². The summed E-state index contributed by atoms with van der Waals surface area (Å²) < 4.78 is 32.2. The number of morpholine rings is 1. The van der Waals surface area contributed by atoms with E-state index >= 15 is 0 Å². The Morgan fingerprint density at radius 2 is 1.81 bits per heavy atom. The predicted octanol–water partition coefficient (Wildman–Crippen LogP) is 2.58. The van der Waals surface area contributed by atoms with E-state index in [4.69, 9.17) is 4.74 Å². The summed E-state index contributed by atoms with van der Waals surface area (Å²) in [6, 6.07) is 12.1. The minimum absolute atomic E-state index is 0.124. The number of benzene rings is 2. The minimum Gasteiger partial charge on any atom is -0.379 e. The molecule has 1 N–H and O–H groups in total. The van der Waals surface area contributed by atoms with Gasteiger partial charge in [0.25, 0.3) is 5.91 Å². The smallest absolute Gasteiger partial charge is 0.255 e. The zero-order valence-corrected chi connectivity index (χ0v) is 15.7. The quantitative estimate of drug-likeness (QED) is 0.892. The normalized spacial score (nSPS) is 15.6. The summed E-state index contributed by atoms with van der Waals surface area (Å²) in [4.78, 5) is 12.8. The molecule has 7 heteroatoms. The zero-order valence-electron chi connectivity index (χ0n) is 14.9. The third-order valence-electron chi connectivity index (χ3n) is 4.34. The van der Waals surface area contributed by atoms with Crippen molar-refractivity contribution < 1.29 is 17.9 Å². The molecule has 3 rings (SSSR count). The summed E-state index contributed by atoms with van der Waals surface area (Å²) in [5, 5.41) is 2.83. The number of ether oxygens (including phenoxy) is 1. The number of anilines is 1. The maximum Gasteiger partial charge on any atom is 0.255 e. The van der Waals surface area contributed by atoms with Gasteiger partial charge in [-0.25, -0.2) is 8.42 Å². The van der Waals surface area contributed by atoms with Crippen molar-refractivity contribution in [1.29, 1.82) is 0 Å². The summed E-state index contributed by atoms with van der Waals surface area (Å²) in [5.41, 5.74) is 2.77. The molecule has 2 aromatic carbocycles. The molecule has 0 atom stereocenters. The van der Waals surface area contributed by atoms with Crippen LogP contribution in [-0.2, 0) is 14.8 Å². The van der Waals surface area contributed by atoms with Gasteiger partial charge in [-0.2, -0.15) is 4.31 Å². The molecule has 2 aromatic rings. The molecule has 0 radical (unpaired) electrons. The fourth-order valence-corrected chi connectivity index (χ4v) is 4.30. The fourth-order valence-electron chi connectivity index (χ4n) is 2.86. The van der Waals surface area contributed by atoms with E-state index in [1.54, 1.807) is 25.1 Å². The van der Waals surface area contributed by atoms with E-state index in [1.807, 2.05) is 25.1 Å². The molecule has 0 saturated carbocycles. The van der Waals surface area contributed by atoms with Crippen molar-refractivity contribution >= 4 is 21.6 Å². The summed E-state index contributed by atoms with van der Waals surface area (Å²) in [6.45, 7) is 5.13. The van der Waals surface area contributed by atoms with Gasteiger partial charge >= 0.3 is 0 Å². The molecular weight excluding hydrogens is 352 g/mol. The number of carbonyl (C=O) groups excluding carboxylic acids is 1. The van der Waals surface area contributed by atoms with Gasteiger partial charge in [0, 0.05) is 24.3 Å². The number of aryl methyl sites for hydroxylation is 2. The van der Waals surface area contributed by atoms with Crippen molar-refractivity contribution in [1.82, 2.24) is 4.31 Å². The van der Waals surface area contributed by atoms with Crippen LogP contribution in [0.25, 0.3) is 0 Å². The Hall–Kier alpha value is -2.22. The van der Waals surface area contributed by atoms with Gasteiger partial charge in [0.05, 0.1) is 18.1 Å². The lowest BCUT2D eigenvalue weighted by Crippen LogP contribution is -2.40. The van der Waals surface area contributed by atoms with Gasteiger partial charge in [0.15, 0.2) is 0 Å². The Kier molecular flexibility index (Phi) is 5.41. The van der Waals surface area contributed by atoms with Crippen molar-refractivity contribution in [3.63, 3.8) is 0 Å². The Bertz CT molecular complexity index is 919. The van der Waals surface area contributed by atoms with Crippen LogP contribution in [0.4, 0.5) is 5.69 Å². The highest BCUT2D eigenvalue weighted by molar-refractivity contribution is 7.89. The van der Waals surface area contributed by atoms with E-state index in [2.05, 4.69) is 5.32 Å². The number of amides is 1. The monoisotopic (exact) mass is 374 g/mol. The van der Waals surface area contributed by atoms with Crippen LogP contribution in [0, 0.1) is 13.8 Å². The van der Waals surface area contributed by atoms with E-state index in [9.17, 15) is 13.2 Å². The average Bonchev–Trinajstić information content (AvgIpc) is 2.62. The molecule has 0 spiro atoms. The van der Waals surface area contributed by atoms with Crippen LogP contribution in [0.1, 0.15) is 21.5 Å². The first-order valence-corrected chi connectivity index (χ1v) is 9.88. The second-order valence-electron chi connectivity index (χ2n) is 6.32. The number of nitrogens with one attached hydrogen (secondary N) is 1. The van der Waals surface area contributed by atoms with Crippen LogP contribution in [-0.4, -0.2) is 44.9 Å². The lowest BCUT2D eigenvalue weighted by molar-refractivity contribution is 0.0730. The van der Waals surface area contributed by atoms with Gasteiger partial charge in [-0.05, 0) is 49.2 Å². The summed E-state index contributed by atoms with van der Waals surface area (Å²) in [6.07, 6.45) is 0. The Morgan fingerprint density at radius 1 is 1.08 bits per heavy atom. The molecule has 1 heterocycles. The molecule has 1 amide bonds. The summed E-state index contributed by atoms with van der Waals surface area (Å²) in [5.74, 6) is -0.327. The van der Waals surface area contributed by atoms with Gasteiger partial charge in [0.1, 0.15) is 0 Å². The SMILES string of the molecule is Cc1cccc(NC(=O)c2cc(S(=O)(=O)N3CCOCC3)ccc2C)c1. The molecule has 1 saturated heterocycles. The fraction of sp³-hybridized carbons (Fsp3) is 0.316. The average molecular weight is 374 g/mol. The Balaban J connectivity index is 1.88. The first-order chi connectivity index (χ1) is 12.4. The summed E-state index contributed by atoms with van der Waals surface area (Å²) >= 11 is 0. The number of sulfonamides is 1. The molecule has 0 bridgehead atoms. The molecule has 1 fully saturated rings. The van der Waals surface area contributed by atoms with Crippen LogP contribution in [0.2, 0.25) is 0 Å². The van der Waals surface area contributed by atoms with Crippen molar-refractivity contribution in [3.05, 3.63) is 59.2 Å². The second kappa shape index (κ2) is 7.57. The standard InChI is InChI=1S/C19H22N2O4S/c1-14-4-3-5-16(12-14)20-19(22)18-13-17(7-6-15(18)2)26(23,24)21-8-10-25-11-9-21/h3-7,12-13H,8-11H2,1-2H3,(H,20,22). The molecule has 1 aliphatic rings. The first kappa shape index (κ1) is 18.6. The maximum absolute atomic E-state index is 12.8. The number of nitrogens with zero attached hydrogens (tertiary/aromatic N) is 1. The van der Waals surface area contributed by atoms with Crippen molar-refractivity contribution in [2.24, 2.45) is 0 Å². The topological polar surface area (TPSA) is 75.7 Å². The van der Waals surface area contributed by atoms with Gasteiger partial charge in [-0.15, -0.1) is 0 Å². The third kappa shape index (κ3) is 3.95. The van der Waals surface area contributed by atoms with Gasteiger partial charge in [-0.1, -0.05) is 18.2 Å². The van der Waals surface area contributed by atoms with E-state index < -0.39 is 10.0 Å². The molecule has 6 nitrogen and oxygen atoms in total. The van der Waals surface area contributed by atoms with E-state index in [0.717, 1.165) is 11.1 Å². The number of hydrogen-bond donors (Lipinski definition) is 1. The van der Waals surface area contributed by atoms with Crippen LogP contribution in [0.5, 0.6) is 0 Å². The van der Waals surface area contributed by atoms with E-state index in [-0.39, 0.29) is 10.8 Å². The maximum atomic E-state index is 12.8. The number of rotatable bonds is 4. The summed E-state index contributed by atoms with van der Waals surface area (Å²) in [7, 11) is -3.64. The number of hydrogen-bond acceptors (Lipinski definition) is 4. The predicted molar refractivity (Wildman–Crippen MR) is 99.9 cm³/mol. The van der Waals surface area contributed by atoms with Crippen LogP contribution >= 0.6 is 0 Å². The third-order valence-corrected chi connectivity index (χ3v) is 6.23. The molecule has 1 aliphatic heterocycles. The zero-order chi connectivity index (χ0) is 18.7. The second-order valence-corrected chi connectivity index (χ2v) is 8.25.